The van der Waals surface area contributed by atoms with Gasteiger partial charge in [0.25, 0.3) is 0 Å². The number of nitrogens with zero attached hydrogens (tertiary/aromatic N) is 1. The molecule has 0 saturated heterocycles. The lowest BCUT2D eigenvalue weighted by Gasteiger charge is -2.16. The van der Waals surface area contributed by atoms with Gasteiger partial charge in [-0.3, -0.25) is 4.98 Å². The Labute approximate surface area is 180 Å². The number of aromatic nitrogens is 2. The predicted molar refractivity (Wildman–Crippen MR) is 120 cm³/mol. The molecule has 0 amide bonds. The second-order valence-electron chi connectivity index (χ2n) is 7.78. The molecule has 0 spiro atoms. The first-order valence-electron chi connectivity index (χ1n) is 9.69. The van der Waals surface area contributed by atoms with Crippen LogP contribution < -0.4 is 19.9 Å². The second kappa shape index (κ2) is 7.70. The van der Waals surface area contributed by atoms with Gasteiger partial charge in [-0.25, -0.2) is 0 Å². The van der Waals surface area contributed by atoms with Crippen molar-refractivity contribution in [3.8, 4) is 23.0 Å². The number of methoxy groups -OCH3 is 1. The zero-order chi connectivity index (χ0) is 20.0. The number of pyridine rings is 1. The van der Waals surface area contributed by atoms with E-state index in [4.69, 9.17) is 19.9 Å². The molecule has 0 bridgehead atoms. The first kappa shape index (κ1) is 20.3. The number of ether oxygens (including phenoxy) is 3. The number of halogens is 1. The van der Waals surface area contributed by atoms with Crippen LogP contribution in [0, 0.1) is 6.92 Å². The van der Waals surface area contributed by atoms with Crippen molar-refractivity contribution in [1.29, 1.82) is 0 Å². The van der Waals surface area contributed by atoms with E-state index in [0.717, 1.165) is 46.1 Å². The molecule has 5 rings (SSSR count). The third-order valence-electron chi connectivity index (χ3n) is 5.35. The van der Waals surface area contributed by atoms with Gasteiger partial charge in [-0.15, -0.1) is 12.4 Å². The van der Waals surface area contributed by atoms with E-state index in [1.807, 2.05) is 43.3 Å². The Hall–Kier alpha value is -2.96. The van der Waals surface area contributed by atoms with Gasteiger partial charge in [-0.05, 0) is 56.2 Å². The Morgan fingerprint density at radius 2 is 1.90 bits per heavy atom. The second-order valence-corrected chi connectivity index (χ2v) is 7.78. The summed E-state index contributed by atoms with van der Waals surface area (Å²) in [6.45, 7) is 2.51. The lowest BCUT2D eigenvalue weighted by atomic mass is 10.1. The molecule has 7 heteroatoms. The van der Waals surface area contributed by atoms with E-state index in [2.05, 4.69) is 16.0 Å². The minimum atomic E-state index is -0.201. The van der Waals surface area contributed by atoms with Crippen LogP contribution in [0.2, 0.25) is 0 Å². The van der Waals surface area contributed by atoms with E-state index in [-0.39, 0.29) is 17.9 Å². The summed E-state index contributed by atoms with van der Waals surface area (Å²) in [5, 5.41) is 1.97. The van der Waals surface area contributed by atoms with Crippen molar-refractivity contribution >= 4 is 34.2 Å². The van der Waals surface area contributed by atoms with E-state index in [0.29, 0.717) is 23.9 Å². The molecule has 4 aromatic rings. The Bertz CT molecular complexity index is 1220. The molecule has 0 atom stereocenters. The number of nitrogens with two attached hydrogens (primary N) is 1. The predicted octanol–water partition coefficient (Wildman–Crippen LogP) is 5.12. The number of hydrogen-bond donors (Lipinski definition) is 2. The third-order valence-corrected chi connectivity index (χ3v) is 5.35. The maximum atomic E-state index is 6.20. The van der Waals surface area contributed by atoms with E-state index in [1.54, 1.807) is 13.3 Å². The fraction of sp³-hybridized carbons (Fsp3) is 0.261. The molecule has 2 aromatic carbocycles. The highest BCUT2D eigenvalue weighted by Crippen LogP contribution is 2.39. The Balaban J connectivity index is 0.00000218. The molecular weight excluding hydrogens is 402 g/mol. The van der Waals surface area contributed by atoms with Crippen molar-refractivity contribution < 1.29 is 14.2 Å². The molecule has 6 nitrogen and oxygen atoms in total. The number of nitrogens with one attached hydrogen (secondary N) is 1. The smallest absolute Gasteiger partial charge is 0.163 e. The van der Waals surface area contributed by atoms with Gasteiger partial charge in [0.1, 0.15) is 18.1 Å². The molecule has 2 aromatic heterocycles. The van der Waals surface area contributed by atoms with Gasteiger partial charge in [0, 0.05) is 34.2 Å². The van der Waals surface area contributed by atoms with Crippen molar-refractivity contribution in [2.75, 3.05) is 13.7 Å². The number of fused-ring (bicyclic) bond motifs is 2. The monoisotopic (exact) mass is 425 g/mol. The standard InChI is InChI=1S/C23H23N3O3.ClH/c1-14-9-15-10-16(3-4-18(15)26-14)29-20-5-8-25-19-12-22(21(27-2)11-17(19)20)28-13-23(24)6-7-23;/h3-5,8-12,26H,6-7,13,24H2,1-2H3;1H. The van der Waals surface area contributed by atoms with Crippen LogP contribution in [0.25, 0.3) is 21.8 Å². The fourth-order valence-corrected chi connectivity index (χ4v) is 3.46. The van der Waals surface area contributed by atoms with E-state index in [1.165, 1.54) is 0 Å². The van der Waals surface area contributed by atoms with Crippen LogP contribution in [-0.2, 0) is 0 Å². The summed E-state index contributed by atoms with van der Waals surface area (Å²) in [5.74, 6) is 2.76. The fourth-order valence-electron chi connectivity index (χ4n) is 3.46. The topological polar surface area (TPSA) is 82.4 Å². The van der Waals surface area contributed by atoms with Crippen LogP contribution in [0.5, 0.6) is 23.0 Å². The maximum Gasteiger partial charge on any atom is 0.163 e. The summed E-state index contributed by atoms with van der Waals surface area (Å²) in [6.07, 6.45) is 3.71. The van der Waals surface area contributed by atoms with Gasteiger partial charge in [-0.2, -0.15) is 0 Å². The molecule has 1 fully saturated rings. The van der Waals surface area contributed by atoms with Crippen molar-refractivity contribution in [3.63, 3.8) is 0 Å². The Kier molecular flexibility index (Phi) is 5.22. The van der Waals surface area contributed by atoms with Crippen molar-refractivity contribution in [2.45, 2.75) is 25.3 Å². The first-order chi connectivity index (χ1) is 14.0. The SMILES string of the molecule is COc1cc2c(Oc3ccc4[nH]c(C)cc4c3)ccnc2cc1OCC1(N)CC1.Cl. The van der Waals surface area contributed by atoms with E-state index < -0.39 is 0 Å². The normalized spacial score (nSPS) is 14.4. The highest BCUT2D eigenvalue weighted by atomic mass is 35.5. The molecule has 2 heterocycles. The van der Waals surface area contributed by atoms with E-state index in [9.17, 15) is 0 Å². The zero-order valence-corrected chi connectivity index (χ0v) is 17.7. The molecule has 0 aliphatic heterocycles. The summed E-state index contributed by atoms with van der Waals surface area (Å²) < 4.78 is 17.7. The number of rotatable bonds is 6. The van der Waals surface area contributed by atoms with Gasteiger partial charge in [-0.1, -0.05) is 0 Å². The minimum Gasteiger partial charge on any atom is -0.493 e. The highest BCUT2D eigenvalue weighted by molar-refractivity contribution is 5.89. The Morgan fingerprint density at radius 1 is 1.07 bits per heavy atom. The van der Waals surface area contributed by atoms with Crippen molar-refractivity contribution in [2.24, 2.45) is 5.73 Å². The van der Waals surface area contributed by atoms with Crippen LogP contribution in [0.1, 0.15) is 18.5 Å². The van der Waals surface area contributed by atoms with Gasteiger partial charge in [0.2, 0.25) is 0 Å². The van der Waals surface area contributed by atoms with Crippen LogP contribution in [-0.4, -0.2) is 29.2 Å². The van der Waals surface area contributed by atoms with Gasteiger partial charge >= 0.3 is 0 Å². The highest BCUT2D eigenvalue weighted by Gasteiger charge is 2.39. The summed E-state index contributed by atoms with van der Waals surface area (Å²) in [5.41, 5.74) is 8.93. The van der Waals surface area contributed by atoms with Crippen molar-refractivity contribution in [1.82, 2.24) is 9.97 Å². The molecule has 1 aliphatic rings. The van der Waals surface area contributed by atoms with Gasteiger partial charge in [0.15, 0.2) is 11.5 Å². The van der Waals surface area contributed by atoms with Crippen molar-refractivity contribution in [3.05, 3.63) is 54.4 Å². The van der Waals surface area contributed by atoms with Gasteiger partial charge in [0.05, 0.1) is 18.2 Å². The summed E-state index contributed by atoms with van der Waals surface area (Å²) >= 11 is 0. The van der Waals surface area contributed by atoms with Crippen LogP contribution in [0.15, 0.2) is 48.7 Å². The maximum absolute atomic E-state index is 6.20. The Morgan fingerprint density at radius 3 is 2.67 bits per heavy atom. The quantitative estimate of drug-likeness (QED) is 0.448. The summed E-state index contributed by atoms with van der Waals surface area (Å²) in [7, 11) is 1.63. The molecule has 30 heavy (non-hydrogen) atoms. The van der Waals surface area contributed by atoms with Gasteiger partial charge < -0.3 is 24.9 Å². The van der Waals surface area contributed by atoms with Crippen LogP contribution >= 0.6 is 12.4 Å². The number of aryl methyl sites for hydroxylation is 1. The average Bonchev–Trinajstić information content (AvgIpc) is 3.33. The molecule has 156 valence electrons. The summed E-state index contributed by atoms with van der Waals surface area (Å²) in [4.78, 5) is 7.80. The lowest BCUT2D eigenvalue weighted by molar-refractivity contribution is 0.264. The third kappa shape index (κ3) is 3.88. The minimum absolute atomic E-state index is 0. The largest absolute Gasteiger partial charge is 0.493 e. The molecule has 1 saturated carbocycles. The molecule has 3 N–H and O–H groups in total. The van der Waals surface area contributed by atoms with Crippen LogP contribution in [0.4, 0.5) is 0 Å². The number of benzene rings is 2. The van der Waals surface area contributed by atoms with E-state index >= 15 is 0 Å². The molecule has 0 radical (unpaired) electrons. The summed E-state index contributed by atoms with van der Waals surface area (Å²) in [6, 6.07) is 13.7. The molecular formula is C23H24ClN3O3. The number of H-pyrrole nitrogens is 1. The first-order valence-corrected chi connectivity index (χ1v) is 9.69. The average molecular weight is 426 g/mol. The molecule has 1 aliphatic carbocycles. The molecule has 0 unspecified atom stereocenters. The number of aromatic amines is 1. The number of hydrogen-bond acceptors (Lipinski definition) is 5. The van der Waals surface area contributed by atoms with Crippen LogP contribution in [0.3, 0.4) is 0 Å². The zero-order valence-electron chi connectivity index (χ0n) is 16.9. The lowest BCUT2D eigenvalue weighted by Crippen LogP contribution is -2.29.